The Hall–Kier alpha value is -1.51. The van der Waals surface area contributed by atoms with Crippen LogP contribution in [0, 0.1) is 0 Å². The molecule has 0 amide bonds. The molecule has 0 N–H and O–H groups in total. The first-order valence-electron chi connectivity index (χ1n) is 9.75. The molecular weight excluding hydrogens is 312 g/mol. The van der Waals surface area contributed by atoms with Gasteiger partial charge in [-0.25, -0.2) is 4.79 Å². The van der Waals surface area contributed by atoms with Gasteiger partial charge in [-0.1, -0.05) is 72.6 Å². The van der Waals surface area contributed by atoms with Crippen LogP contribution in [-0.4, -0.2) is 19.7 Å². The lowest BCUT2D eigenvalue weighted by Gasteiger charge is -2.23. The molecule has 0 heterocycles. The Bertz CT molecular complexity index is 514. The number of carbonyl (C=O) groups is 1. The van der Waals surface area contributed by atoms with Crippen molar-refractivity contribution in [3.05, 3.63) is 29.3 Å². The van der Waals surface area contributed by atoms with Crippen molar-refractivity contribution in [1.82, 2.24) is 0 Å². The first-order valence-corrected chi connectivity index (χ1v) is 9.75. The molecule has 0 bridgehead atoms. The second-order valence-corrected chi connectivity index (χ2v) is 7.78. The number of methoxy groups -OCH3 is 1. The molecule has 0 aliphatic rings. The van der Waals surface area contributed by atoms with E-state index in [4.69, 9.17) is 9.47 Å². The van der Waals surface area contributed by atoms with Gasteiger partial charge in [-0.15, -0.1) is 0 Å². The molecule has 0 saturated carbocycles. The summed E-state index contributed by atoms with van der Waals surface area (Å²) >= 11 is 0. The quantitative estimate of drug-likeness (QED) is 0.348. The maximum atomic E-state index is 11.8. The third-order valence-electron chi connectivity index (χ3n) is 4.46. The predicted octanol–water partition coefficient (Wildman–Crippen LogP) is 6.29. The standard InChI is InChI=1S/C22H36O3/c1-6-7-8-9-10-11-12-13-16-25-20-15-14-18(21(23)24-5)17-19(20)22(2,3)4/h14-15,17H,6-13,16H2,1-5H3. The fourth-order valence-corrected chi connectivity index (χ4v) is 2.90. The van der Waals surface area contributed by atoms with Crippen molar-refractivity contribution in [2.75, 3.05) is 13.7 Å². The molecule has 0 aliphatic heterocycles. The van der Waals surface area contributed by atoms with Crippen LogP contribution in [0.15, 0.2) is 18.2 Å². The highest BCUT2D eigenvalue weighted by Crippen LogP contribution is 2.32. The molecule has 0 aliphatic carbocycles. The van der Waals surface area contributed by atoms with E-state index in [2.05, 4.69) is 27.7 Å². The number of hydrogen-bond acceptors (Lipinski definition) is 3. The maximum Gasteiger partial charge on any atom is 0.337 e. The van der Waals surface area contributed by atoms with E-state index in [9.17, 15) is 4.79 Å². The molecule has 0 aromatic heterocycles. The number of benzene rings is 1. The van der Waals surface area contributed by atoms with Gasteiger partial charge in [-0.3, -0.25) is 0 Å². The Morgan fingerprint density at radius 3 is 2.12 bits per heavy atom. The van der Waals surface area contributed by atoms with Gasteiger partial charge in [0.1, 0.15) is 5.75 Å². The lowest BCUT2D eigenvalue weighted by atomic mass is 9.85. The molecule has 0 spiro atoms. The molecule has 1 aromatic rings. The molecule has 142 valence electrons. The molecule has 0 fully saturated rings. The number of carbonyl (C=O) groups excluding carboxylic acids is 1. The molecule has 3 heteroatoms. The third kappa shape index (κ3) is 7.94. The minimum atomic E-state index is -0.305. The largest absolute Gasteiger partial charge is 0.493 e. The highest BCUT2D eigenvalue weighted by molar-refractivity contribution is 5.89. The lowest BCUT2D eigenvalue weighted by Crippen LogP contribution is -2.15. The normalized spacial score (nSPS) is 11.4. The van der Waals surface area contributed by atoms with Crippen molar-refractivity contribution < 1.29 is 14.3 Å². The van der Waals surface area contributed by atoms with Gasteiger partial charge in [-0.05, 0) is 30.0 Å². The number of unbranched alkanes of at least 4 members (excludes halogenated alkanes) is 7. The molecule has 0 unspecified atom stereocenters. The van der Waals surface area contributed by atoms with Gasteiger partial charge in [0.2, 0.25) is 0 Å². The Kier molecular flexibility index (Phi) is 9.62. The zero-order valence-corrected chi connectivity index (χ0v) is 16.8. The molecule has 1 aromatic carbocycles. The Labute approximate surface area is 154 Å². The monoisotopic (exact) mass is 348 g/mol. The molecule has 3 nitrogen and oxygen atoms in total. The predicted molar refractivity (Wildman–Crippen MR) is 105 cm³/mol. The molecule has 25 heavy (non-hydrogen) atoms. The van der Waals surface area contributed by atoms with E-state index in [1.807, 2.05) is 12.1 Å². The van der Waals surface area contributed by atoms with E-state index in [0.29, 0.717) is 5.56 Å². The lowest BCUT2D eigenvalue weighted by molar-refractivity contribution is 0.0600. The van der Waals surface area contributed by atoms with Gasteiger partial charge in [0.15, 0.2) is 0 Å². The van der Waals surface area contributed by atoms with Crippen LogP contribution >= 0.6 is 0 Å². The minimum absolute atomic E-state index is 0.0847. The van der Waals surface area contributed by atoms with Crippen LogP contribution < -0.4 is 4.74 Å². The van der Waals surface area contributed by atoms with E-state index in [-0.39, 0.29) is 11.4 Å². The van der Waals surface area contributed by atoms with E-state index in [1.54, 1.807) is 6.07 Å². The fraction of sp³-hybridized carbons (Fsp3) is 0.682. The number of esters is 1. The topological polar surface area (TPSA) is 35.5 Å². The average Bonchev–Trinajstić information content (AvgIpc) is 2.58. The van der Waals surface area contributed by atoms with Crippen LogP contribution in [0.4, 0.5) is 0 Å². The van der Waals surface area contributed by atoms with E-state index >= 15 is 0 Å². The van der Waals surface area contributed by atoms with Crippen LogP contribution in [0.1, 0.15) is 95.0 Å². The van der Waals surface area contributed by atoms with Gasteiger partial charge in [0, 0.05) is 5.56 Å². The molecule has 0 saturated heterocycles. The maximum absolute atomic E-state index is 11.8. The van der Waals surface area contributed by atoms with Crippen LogP contribution in [0.3, 0.4) is 0 Å². The second-order valence-electron chi connectivity index (χ2n) is 7.78. The van der Waals surface area contributed by atoms with Crippen LogP contribution in [0.2, 0.25) is 0 Å². The number of rotatable bonds is 11. The van der Waals surface area contributed by atoms with Crippen molar-refractivity contribution in [3.8, 4) is 5.75 Å². The molecule has 0 radical (unpaired) electrons. The summed E-state index contributed by atoms with van der Waals surface area (Å²) in [5.41, 5.74) is 1.54. The summed E-state index contributed by atoms with van der Waals surface area (Å²) in [4.78, 5) is 11.8. The molecular formula is C22H36O3. The van der Waals surface area contributed by atoms with E-state index in [0.717, 1.165) is 24.3 Å². The van der Waals surface area contributed by atoms with Gasteiger partial charge in [0.05, 0.1) is 19.3 Å². The van der Waals surface area contributed by atoms with E-state index in [1.165, 1.54) is 52.1 Å². The van der Waals surface area contributed by atoms with Crippen molar-refractivity contribution in [2.24, 2.45) is 0 Å². The summed E-state index contributed by atoms with van der Waals surface area (Å²) in [7, 11) is 1.41. The number of hydrogen-bond donors (Lipinski definition) is 0. The average molecular weight is 349 g/mol. The van der Waals surface area contributed by atoms with Crippen molar-refractivity contribution in [3.63, 3.8) is 0 Å². The second kappa shape index (κ2) is 11.2. The zero-order chi connectivity index (χ0) is 18.7. The third-order valence-corrected chi connectivity index (χ3v) is 4.46. The first-order chi connectivity index (χ1) is 11.9. The Balaban J connectivity index is 2.48. The Morgan fingerprint density at radius 1 is 0.960 bits per heavy atom. The van der Waals surface area contributed by atoms with Gasteiger partial charge in [0.25, 0.3) is 0 Å². The number of ether oxygens (including phenoxy) is 2. The molecule has 1 rings (SSSR count). The first kappa shape index (κ1) is 21.5. The summed E-state index contributed by atoms with van der Waals surface area (Å²) in [5.74, 6) is 0.572. The summed E-state index contributed by atoms with van der Waals surface area (Å²) in [5, 5.41) is 0. The summed E-state index contributed by atoms with van der Waals surface area (Å²) in [6.07, 6.45) is 10.3. The minimum Gasteiger partial charge on any atom is -0.493 e. The van der Waals surface area contributed by atoms with Crippen LogP contribution in [0.25, 0.3) is 0 Å². The van der Waals surface area contributed by atoms with Crippen molar-refractivity contribution >= 4 is 5.97 Å². The van der Waals surface area contributed by atoms with E-state index < -0.39 is 0 Å². The smallest absolute Gasteiger partial charge is 0.337 e. The Morgan fingerprint density at radius 2 is 1.56 bits per heavy atom. The van der Waals surface area contributed by atoms with Crippen LogP contribution in [-0.2, 0) is 10.2 Å². The van der Waals surface area contributed by atoms with Crippen LogP contribution in [0.5, 0.6) is 5.75 Å². The summed E-state index contributed by atoms with van der Waals surface area (Å²) in [6, 6.07) is 5.58. The van der Waals surface area contributed by atoms with Gasteiger partial charge >= 0.3 is 5.97 Å². The molecule has 0 atom stereocenters. The highest BCUT2D eigenvalue weighted by atomic mass is 16.5. The fourth-order valence-electron chi connectivity index (χ4n) is 2.90. The summed E-state index contributed by atoms with van der Waals surface area (Å²) < 4.78 is 10.8. The zero-order valence-electron chi connectivity index (χ0n) is 16.8. The van der Waals surface area contributed by atoms with Gasteiger partial charge < -0.3 is 9.47 Å². The van der Waals surface area contributed by atoms with Crippen molar-refractivity contribution in [1.29, 1.82) is 0 Å². The highest BCUT2D eigenvalue weighted by Gasteiger charge is 2.21. The summed E-state index contributed by atoms with van der Waals surface area (Å²) in [6.45, 7) is 9.38. The van der Waals surface area contributed by atoms with Crippen molar-refractivity contribution in [2.45, 2.75) is 84.5 Å². The van der Waals surface area contributed by atoms with Gasteiger partial charge in [-0.2, -0.15) is 0 Å². The SMILES string of the molecule is CCCCCCCCCCOc1ccc(C(=O)OC)cc1C(C)(C)C.